The van der Waals surface area contributed by atoms with E-state index in [1.165, 1.54) is 0 Å². The summed E-state index contributed by atoms with van der Waals surface area (Å²) < 4.78 is 0. The minimum atomic E-state index is -0.554. The first kappa shape index (κ1) is 15.1. The molecule has 0 radical (unpaired) electrons. The SMILES string of the molecule is CCCCCC(=O)/C(C)=N/OC(=O)c1ccccc1. The van der Waals surface area contributed by atoms with Crippen molar-refractivity contribution < 1.29 is 14.4 Å². The van der Waals surface area contributed by atoms with E-state index in [4.69, 9.17) is 4.84 Å². The predicted molar refractivity (Wildman–Crippen MR) is 74.1 cm³/mol. The van der Waals surface area contributed by atoms with Crippen LogP contribution in [0.2, 0.25) is 0 Å². The summed E-state index contributed by atoms with van der Waals surface area (Å²) in [4.78, 5) is 28.0. The molecule has 0 amide bonds. The minimum Gasteiger partial charge on any atom is -0.312 e. The van der Waals surface area contributed by atoms with Crippen molar-refractivity contribution in [2.75, 3.05) is 0 Å². The number of Topliss-reactive ketones (excluding diaryl/α,β-unsaturated/α-hetero) is 1. The molecule has 1 aromatic rings. The summed E-state index contributed by atoms with van der Waals surface area (Å²) in [6.45, 7) is 3.64. The van der Waals surface area contributed by atoms with Crippen LogP contribution in [0.4, 0.5) is 0 Å². The van der Waals surface area contributed by atoms with Crippen LogP contribution in [0.25, 0.3) is 0 Å². The van der Waals surface area contributed by atoms with Gasteiger partial charge in [0.2, 0.25) is 0 Å². The molecule has 102 valence electrons. The van der Waals surface area contributed by atoms with Gasteiger partial charge in [-0.25, -0.2) is 4.79 Å². The molecule has 4 nitrogen and oxygen atoms in total. The Labute approximate surface area is 113 Å². The van der Waals surface area contributed by atoms with Crippen molar-refractivity contribution in [3.05, 3.63) is 35.9 Å². The number of unbranched alkanes of at least 4 members (excludes halogenated alkanes) is 2. The lowest BCUT2D eigenvalue weighted by Gasteiger charge is -2.00. The van der Waals surface area contributed by atoms with Gasteiger partial charge in [0.15, 0.2) is 5.78 Å². The highest BCUT2D eigenvalue weighted by atomic mass is 16.7. The quantitative estimate of drug-likeness (QED) is 0.327. The van der Waals surface area contributed by atoms with Gasteiger partial charge in [-0.3, -0.25) is 4.79 Å². The second-order valence-electron chi connectivity index (χ2n) is 4.30. The van der Waals surface area contributed by atoms with Gasteiger partial charge >= 0.3 is 5.97 Å². The highest BCUT2D eigenvalue weighted by Crippen LogP contribution is 2.03. The number of nitrogens with zero attached hydrogens (tertiary/aromatic N) is 1. The van der Waals surface area contributed by atoms with Crippen molar-refractivity contribution in [3.63, 3.8) is 0 Å². The maximum absolute atomic E-state index is 11.6. The molecular formula is C15H19NO3. The Morgan fingerprint density at radius 1 is 1.16 bits per heavy atom. The lowest BCUT2D eigenvalue weighted by molar-refractivity contribution is -0.113. The number of ketones is 1. The molecule has 1 aromatic carbocycles. The van der Waals surface area contributed by atoms with Crippen LogP contribution in [0, 0.1) is 0 Å². The smallest absolute Gasteiger partial charge is 0.312 e. The van der Waals surface area contributed by atoms with Crippen molar-refractivity contribution in [2.45, 2.75) is 39.5 Å². The maximum atomic E-state index is 11.6. The minimum absolute atomic E-state index is 0.0747. The number of hydrogen-bond donors (Lipinski definition) is 0. The molecule has 0 saturated carbocycles. The Morgan fingerprint density at radius 3 is 2.47 bits per heavy atom. The molecule has 0 aromatic heterocycles. The van der Waals surface area contributed by atoms with Gasteiger partial charge in [-0.05, 0) is 25.5 Å². The van der Waals surface area contributed by atoms with Crippen LogP contribution in [-0.4, -0.2) is 17.5 Å². The average Bonchev–Trinajstić information content (AvgIpc) is 2.45. The van der Waals surface area contributed by atoms with E-state index in [9.17, 15) is 9.59 Å². The predicted octanol–water partition coefficient (Wildman–Crippen LogP) is 3.37. The van der Waals surface area contributed by atoms with Gasteiger partial charge in [-0.15, -0.1) is 0 Å². The van der Waals surface area contributed by atoms with Crippen LogP contribution < -0.4 is 0 Å². The first-order valence-electron chi connectivity index (χ1n) is 6.49. The molecule has 0 aliphatic heterocycles. The van der Waals surface area contributed by atoms with Gasteiger partial charge in [0.1, 0.15) is 5.71 Å². The zero-order chi connectivity index (χ0) is 14.1. The summed E-state index contributed by atoms with van der Waals surface area (Å²) >= 11 is 0. The van der Waals surface area contributed by atoms with Crippen molar-refractivity contribution in [2.24, 2.45) is 5.16 Å². The van der Waals surface area contributed by atoms with E-state index in [-0.39, 0.29) is 11.5 Å². The molecular weight excluding hydrogens is 242 g/mol. The Kier molecular flexibility index (Phi) is 6.50. The molecule has 0 spiro atoms. The fourth-order valence-electron chi connectivity index (χ4n) is 1.50. The highest BCUT2D eigenvalue weighted by Gasteiger charge is 2.09. The van der Waals surface area contributed by atoms with E-state index < -0.39 is 5.97 Å². The summed E-state index contributed by atoms with van der Waals surface area (Å²) in [7, 11) is 0. The second kappa shape index (κ2) is 8.19. The molecule has 0 atom stereocenters. The maximum Gasteiger partial charge on any atom is 0.365 e. The fourth-order valence-corrected chi connectivity index (χ4v) is 1.50. The van der Waals surface area contributed by atoms with Crippen molar-refractivity contribution in [1.82, 2.24) is 0 Å². The number of carbonyl (C=O) groups is 2. The van der Waals surface area contributed by atoms with Crippen molar-refractivity contribution in [1.29, 1.82) is 0 Å². The number of benzene rings is 1. The Bertz CT molecular complexity index is 452. The monoisotopic (exact) mass is 261 g/mol. The first-order valence-corrected chi connectivity index (χ1v) is 6.49. The van der Waals surface area contributed by atoms with Crippen LogP contribution in [0.1, 0.15) is 49.9 Å². The van der Waals surface area contributed by atoms with Gasteiger partial charge in [0.25, 0.3) is 0 Å². The Morgan fingerprint density at radius 2 is 1.84 bits per heavy atom. The average molecular weight is 261 g/mol. The normalized spacial score (nSPS) is 11.2. The van der Waals surface area contributed by atoms with Gasteiger partial charge < -0.3 is 4.84 Å². The van der Waals surface area contributed by atoms with Crippen molar-refractivity contribution >= 4 is 17.5 Å². The summed E-state index contributed by atoms with van der Waals surface area (Å²) in [5.41, 5.74) is 0.651. The highest BCUT2D eigenvalue weighted by molar-refractivity contribution is 6.38. The summed E-state index contributed by atoms with van der Waals surface area (Å²) in [5, 5.41) is 3.60. The molecule has 0 saturated heterocycles. The first-order chi connectivity index (χ1) is 9.15. The van der Waals surface area contributed by atoms with Crippen LogP contribution in [-0.2, 0) is 9.63 Å². The molecule has 0 bridgehead atoms. The number of hydrogen-bond acceptors (Lipinski definition) is 4. The lowest BCUT2D eigenvalue weighted by atomic mass is 10.1. The van der Waals surface area contributed by atoms with Gasteiger partial charge in [0.05, 0.1) is 5.56 Å². The third kappa shape index (κ3) is 5.46. The Hall–Kier alpha value is -1.97. The van der Waals surface area contributed by atoms with Crippen molar-refractivity contribution in [3.8, 4) is 0 Å². The number of rotatable bonds is 7. The molecule has 0 unspecified atom stereocenters. The molecule has 0 heterocycles. The van der Waals surface area contributed by atoms with Crippen LogP contribution in [0.5, 0.6) is 0 Å². The summed E-state index contributed by atoms with van der Waals surface area (Å²) in [6, 6.07) is 8.56. The molecule has 4 heteroatoms. The number of oxime groups is 1. The zero-order valence-electron chi connectivity index (χ0n) is 11.4. The third-order valence-electron chi connectivity index (χ3n) is 2.69. The van der Waals surface area contributed by atoms with Crippen LogP contribution in [0.15, 0.2) is 35.5 Å². The molecule has 1 rings (SSSR count). The second-order valence-corrected chi connectivity index (χ2v) is 4.30. The van der Waals surface area contributed by atoms with Crippen LogP contribution in [0.3, 0.4) is 0 Å². The molecule has 0 aliphatic carbocycles. The van der Waals surface area contributed by atoms with Crippen LogP contribution >= 0.6 is 0 Å². The zero-order valence-corrected chi connectivity index (χ0v) is 11.4. The van der Waals surface area contributed by atoms with E-state index in [0.29, 0.717) is 12.0 Å². The van der Waals surface area contributed by atoms with E-state index in [0.717, 1.165) is 19.3 Å². The lowest BCUT2D eigenvalue weighted by Crippen LogP contribution is -2.12. The van der Waals surface area contributed by atoms with Gasteiger partial charge in [0, 0.05) is 6.42 Å². The van der Waals surface area contributed by atoms with E-state index in [2.05, 4.69) is 12.1 Å². The topological polar surface area (TPSA) is 55.7 Å². The summed E-state index contributed by atoms with van der Waals surface area (Å²) in [5.74, 6) is -0.629. The molecule has 0 N–H and O–H groups in total. The van der Waals surface area contributed by atoms with E-state index in [1.54, 1.807) is 31.2 Å². The largest absolute Gasteiger partial charge is 0.365 e. The van der Waals surface area contributed by atoms with Gasteiger partial charge in [-0.1, -0.05) is 43.1 Å². The fraction of sp³-hybridized carbons (Fsp3) is 0.400. The molecule has 19 heavy (non-hydrogen) atoms. The van der Waals surface area contributed by atoms with E-state index >= 15 is 0 Å². The molecule has 0 aliphatic rings. The standard InChI is InChI=1S/C15H19NO3/c1-3-4-6-11-14(17)12(2)16-19-15(18)13-9-7-5-8-10-13/h5,7-10H,3-4,6,11H2,1-2H3/b16-12+. The Balaban J connectivity index is 2.47. The molecule has 0 fully saturated rings. The number of carbonyl (C=O) groups excluding carboxylic acids is 2. The summed E-state index contributed by atoms with van der Waals surface area (Å²) in [6.07, 6.45) is 3.37. The third-order valence-corrected chi connectivity index (χ3v) is 2.69. The van der Waals surface area contributed by atoms with E-state index in [1.807, 2.05) is 6.07 Å². The van der Waals surface area contributed by atoms with Gasteiger partial charge in [-0.2, -0.15) is 0 Å².